The number of aliphatic carboxylic acids is 1. The molecule has 7 heteroatoms. The number of hydrogen-bond donors (Lipinski definition) is 3. The largest absolute Gasteiger partial charge is 0.480 e. The number of fused-ring (bicyclic) bond motifs is 3. The van der Waals surface area contributed by atoms with E-state index in [1.54, 1.807) is 20.8 Å². The van der Waals surface area contributed by atoms with E-state index in [1.165, 1.54) is 6.92 Å². The van der Waals surface area contributed by atoms with Crippen molar-refractivity contribution in [1.82, 2.24) is 10.6 Å². The highest BCUT2D eigenvalue weighted by atomic mass is 16.5. The van der Waals surface area contributed by atoms with Gasteiger partial charge in [-0.25, -0.2) is 9.59 Å². The second-order valence-corrected chi connectivity index (χ2v) is 8.84. The summed E-state index contributed by atoms with van der Waals surface area (Å²) in [4.78, 5) is 36.2. The van der Waals surface area contributed by atoms with E-state index in [4.69, 9.17) is 4.74 Å². The van der Waals surface area contributed by atoms with Crippen LogP contribution in [0.1, 0.15) is 44.7 Å². The fraction of sp³-hybridized carbons (Fsp3) is 0.375. The Kier molecular flexibility index (Phi) is 6.34. The van der Waals surface area contributed by atoms with Crippen LogP contribution in [0.5, 0.6) is 0 Å². The van der Waals surface area contributed by atoms with Crippen molar-refractivity contribution in [2.75, 3.05) is 6.61 Å². The minimum absolute atomic E-state index is 0.0837. The van der Waals surface area contributed by atoms with Crippen LogP contribution in [0.4, 0.5) is 4.79 Å². The Labute approximate surface area is 181 Å². The normalized spacial score (nSPS) is 14.7. The lowest BCUT2D eigenvalue weighted by Gasteiger charge is -2.28. The summed E-state index contributed by atoms with van der Waals surface area (Å²) in [6.45, 7) is 6.77. The second kappa shape index (κ2) is 8.79. The molecule has 2 amide bonds. The summed E-state index contributed by atoms with van der Waals surface area (Å²) in [5.74, 6) is -1.80. The van der Waals surface area contributed by atoms with Crippen LogP contribution in [0, 0.1) is 5.41 Å². The molecule has 0 spiro atoms. The highest BCUT2D eigenvalue weighted by Gasteiger charge is 2.34. The Morgan fingerprint density at radius 3 is 1.97 bits per heavy atom. The van der Waals surface area contributed by atoms with Crippen LogP contribution in [0.25, 0.3) is 11.1 Å². The molecule has 0 aliphatic heterocycles. The topological polar surface area (TPSA) is 105 Å². The van der Waals surface area contributed by atoms with E-state index >= 15 is 0 Å². The molecule has 3 N–H and O–H groups in total. The molecule has 2 aromatic rings. The van der Waals surface area contributed by atoms with Crippen LogP contribution < -0.4 is 10.6 Å². The number of benzene rings is 2. The quantitative estimate of drug-likeness (QED) is 0.658. The van der Waals surface area contributed by atoms with Crippen LogP contribution in [-0.2, 0) is 14.3 Å². The van der Waals surface area contributed by atoms with E-state index in [0.717, 1.165) is 22.3 Å². The first-order valence-corrected chi connectivity index (χ1v) is 10.2. The van der Waals surface area contributed by atoms with Gasteiger partial charge in [-0.15, -0.1) is 0 Å². The van der Waals surface area contributed by atoms with Gasteiger partial charge < -0.3 is 20.5 Å². The maximum absolute atomic E-state index is 12.4. The molecule has 2 atom stereocenters. The van der Waals surface area contributed by atoms with Gasteiger partial charge in [0.05, 0.1) is 0 Å². The minimum Gasteiger partial charge on any atom is -0.480 e. The molecule has 0 heterocycles. The van der Waals surface area contributed by atoms with E-state index in [-0.39, 0.29) is 12.5 Å². The molecule has 2 aromatic carbocycles. The maximum Gasteiger partial charge on any atom is 0.407 e. The lowest BCUT2D eigenvalue weighted by Crippen LogP contribution is -2.54. The number of nitrogens with one attached hydrogen (secondary N) is 2. The number of alkyl carbamates (subject to hydrolysis) is 1. The molecule has 0 radical (unpaired) electrons. The molecule has 1 aliphatic rings. The molecular formula is C24H28N2O5. The number of carbonyl (C=O) groups is 3. The van der Waals surface area contributed by atoms with Crippen LogP contribution in [0.15, 0.2) is 48.5 Å². The highest BCUT2D eigenvalue weighted by Crippen LogP contribution is 2.44. The number of carboxylic acids is 1. The zero-order valence-corrected chi connectivity index (χ0v) is 18.1. The fourth-order valence-corrected chi connectivity index (χ4v) is 3.80. The van der Waals surface area contributed by atoms with Gasteiger partial charge in [0.25, 0.3) is 0 Å². The van der Waals surface area contributed by atoms with Gasteiger partial charge in [0, 0.05) is 5.92 Å². The van der Waals surface area contributed by atoms with Gasteiger partial charge in [-0.1, -0.05) is 69.3 Å². The van der Waals surface area contributed by atoms with Crippen LogP contribution >= 0.6 is 0 Å². The van der Waals surface area contributed by atoms with E-state index < -0.39 is 35.5 Å². The fourth-order valence-electron chi connectivity index (χ4n) is 3.80. The predicted molar refractivity (Wildman–Crippen MR) is 117 cm³/mol. The Morgan fingerprint density at radius 2 is 1.48 bits per heavy atom. The van der Waals surface area contributed by atoms with E-state index in [9.17, 15) is 19.5 Å². The predicted octanol–water partition coefficient (Wildman–Crippen LogP) is 3.53. The highest BCUT2D eigenvalue weighted by molar-refractivity contribution is 5.89. The van der Waals surface area contributed by atoms with Crippen molar-refractivity contribution >= 4 is 18.0 Å². The third-order valence-electron chi connectivity index (χ3n) is 5.47. The smallest absolute Gasteiger partial charge is 0.407 e. The molecule has 3 rings (SSSR count). The molecule has 0 aromatic heterocycles. The van der Waals surface area contributed by atoms with Gasteiger partial charge in [0.15, 0.2) is 0 Å². The van der Waals surface area contributed by atoms with Gasteiger partial charge in [0.2, 0.25) is 5.91 Å². The lowest BCUT2D eigenvalue weighted by molar-refractivity contribution is -0.145. The minimum atomic E-state index is -1.13. The van der Waals surface area contributed by atoms with Crippen molar-refractivity contribution in [1.29, 1.82) is 0 Å². The van der Waals surface area contributed by atoms with Gasteiger partial charge in [-0.2, -0.15) is 0 Å². The van der Waals surface area contributed by atoms with Crippen molar-refractivity contribution in [3.63, 3.8) is 0 Å². The molecule has 0 saturated heterocycles. The first-order valence-electron chi connectivity index (χ1n) is 10.2. The first-order chi connectivity index (χ1) is 14.6. The van der Waals surface area contributed by atoms with Crippen molar-refractivity contribution in [2.45, 2.75) is 45.7 Å². The molecular weight excluding hydrogens is 396 g/mol. The number of carboxylic acid groups (broad SMARTS) is 1. The Bertz CT molecular complexity index is 950. The Hall–Kier alpha value is -3.35. The SMILES string of the molecule is CC(NC(=O)OCC1c2ccccc2-c2ccccc21)C(=O)N[C@@H](C(=O)O)C(C)(C)C. The summed E-state index contributed by atoms with van der Waals surface area (Å²) in [5.41, 5.74) is 3.77. The van der Waals surface area contributed by atoms with E-state index in [1.807, 2.05) is 36.4 Å². The third kappa shape index (κ3) is 4.87. The molecule has 31 heavy (non-hydrogen) atoms. The summed E-state index contributed by atoms with van der Waals surface area (Å²) in [6, 6.07) is 14.0. The van der Waals surface area contributed by atoms with Gasteiger partial charge in [-0.05, 0) is 34.6 Å². The maximum atomic E-state index is 12.4. The van der Waals surface area contributed by atoms with Crippen molar-refractivity contribution in [3.05, 3.63) is 59.7 Å². The summed E-state index contributed by atoms with van der Waals surface area (Å²) in [7, 11) is 0. The Balaban J connectivity index is 1.60. The van der Waals surface area contributed by atoms with Gasteiger partial charge >= 0.3 is 12.1 Å². The van der Waals surface area contributed by atoms with Gasteiger partial charge in [0.1, 0.15) is 18.7 Å². The lowest BCUT2D eigenvalue weighted by atomic mass is 9.86. The van der Waals surface area contributed by atoms with Crippen molar-refractivity contribution in [3.8, 4) is 11.1 Å². The number of hydrogen-bond acceptors (Lipinski definition) is 4. The first kappa shape index (κ1) is 22.3. The third-order valence-corrected chi connectivity index (χ3v) is 5.47. The molecule has 0 saturated carbocycles. The molecule has 1 aliphatic carbocycles. The average Bonchev–Trinajstić information content (AvgIpc) is 3.03. The summed E-state index contributed by atoms with van der Waals surface area (Å²) in [6.07, 6.45) is -0.729. The van der Waals surface area contributed by atoms with Crippen LogP contribution in [0.3, 0.4) is 0 Å². The second-order valence-electron chi connectivity index (χ2n) is 8.84. The molecule has 0 bridgehead atoms. The zero-order chi connectivity index (χ0) is 22.8. The number of ether oxygens (including phenoxy) is 1. The van der Waals surface area contributed by atoms with Crippen LogP contribution in [0.2, 0.25) is 0 Å². The summed E-state index contributed by atoms with van der Waals surface area (Å²) in [5, 5.41) is 14.3. The Morgan fingerprint density at radius 1 is 0.968 bits per heavy atom. The van der Waals surface area contributed by atoms with Crippen molar-refractivity contribution in [2.24, 2.45) is 5.41 Å². The summed E-state index contributed by atoms with van der Waals surface area (Å²) < 4.78 is 5.43. The molecule has 7 nitrogen and oxygen atoms in total. The monoisotopic (exact) mass is 424 g/mol. The van der Waals surface area contributed by atoms with Crippen LogP contribution in [-0.4, -0.2) is 41.8 Å². The standard InChI is InChI=1S/C24H28N2O5/c1-14(21(27)26-20(22(28)29)24(2,3)4)25-23(30)31-13-19-17-11-7-5-9-15(17)16-10-6-8-12-18(16)19/h5-12,14,19-20H,13H2,1-4H3,(H,25,30)(H,26,27)(H,28,29)/t14?,20-/m0/s1. The van der Waals surface area contributed by atoms with Gasteiger partial charge in [-0.3, -0.25) is 4.79 Å². The van der Waals surface area contributed by atoms with E-state index in [2.05, 4.69) is 22.8 Å². The van der Waals surface area contributed by atoms with E-state index in [0.29, 0.717) is 0 Å². The molecule has 0 fully saturated rings. The van der Waals surface area contributed by atoms with Crippen molar-refractivity contribution < 1.29 is 24.2 Å². The number of amides is 2. The average molecular weight is 424 g/mol. The number of carbonyl (C=O) groups excluding carboxylic acids is 2. The number of rotatable bonds is 6. The summed E-state index contributed by atoms with van der Waals surface area (Å²) >= 11 is 0. The molecule has 164 valence electrons. The molecule has 1 unspecified atom stereocenters. The zero-order valence-electron chi connectivity index (χ0n) is 18.1.